The van der Waals surface area contributed by atoms with E-state index in [0.29, 0.717) is 24.6 Å². The van der Waals surface area contributed by atoms with Crippen LogP contribution in [0.5, 0.6) is 11.5 Å². The van der Waals surface area contributed by atoms with Crippen LogP contribution in [0.3, 0.4) is 0 Å². The molecule has 1 aromatic rings. The Bertz CT molecular complexity index is 530. The Morgan fingerprint density at radius 3 is 2.71 bits per heavy atom. The lowest BCUT2D eigenvalue weighted by Gasteiger charge is -2.11. The highest BCUT2D eigenvalue weighted by Crippen LogP contribution is 2.45. The Balaban J connectivity index is 0.00000161. The predicted molar refractivity (Wildman–Crippen MR) is 94.9 cm³/mol. The number of rotatable bonds is 3. The summed E-state index contributed by atoms with van der Waals surface area (Å²) in [5, 5.41) is 3.10. The molecule has 116 valence electrons. The van der Waals surface area contributed by atoms with Gasteiger partial charge in [0.1, 0.15) is 0 Å². The van der Waals surface area contributed by atoms with Crippen molar-refractivity contribution in [1.82, 2.24) is 0 Å². The molecule has 0 amide bonds. The molecule has 0 saturated heterocycles. The van der Waals surface area contributed by atoms with Gasteiger partial charge in [-0.1, -0.05) is 6.92 Å². The van der Waals surface area contributed by atoms with Gasteiger partial charge in [-0.3, -0.25) is 4.99 Å². The van der Waals surface area contributed by atoms with E-state index < -0.39 is 0 Å². The van der Waals surface area contributed by atoms with E-state index in [0.717, 1.165) is 30.2 Å². The van der Waals surface area contributed by atoms with Crippen molar-refractivity contribution in [1.29, 1.82) is 0 Å². The molecule has 6 heteroatoms. The molecule has 0 atom stereocenters. The summed E-state index contributed by atoms with van der Waals surface area (Å²) < 4.78 is 11.2. The first-order valence-electron chi connectivity index (χ1n) is 7.11. The van der Waals surface area contributed by atoms with Crippen LogP contribution >= 0.6 is 24.0 Å². The number of ether oxygens (including phenoxy) is 2. The molecule has 0 radical (unpaired) electrons. The number of guanidine groups is 1. The van der Waals surface area contributed by atoms with Crippen LogP contribution in [-0.4, -0.2) is 25.7 Å². The SMILES string of the molecule is CC1(CN=C(N)Nc2ccc3c(c2)OCCCO3)CC1.I. The van der Waals surface area contributed by atoms with Crippen molar-refractivity contribution in [2.75, 3.05) is 25.1 Å². The highest BCUT2D eigenvalue weighted by molar-refractivity contribution is 14.0. The predicted octanol–water partition coefficient (Wildman–Crippen LogP) is 2.99. The van der Waals surface area contributed by atoms with E-state index in [4.69, 9.17) is 15.2 Å². The summed E-state index contributed by atoms with van der Waals surface area (Å²) >= 11 is 0. The van der Waals surface area contributed by atoms with Crippen molar-refractivity contribution in [3.05, 3.63) is 18.2 Å². The fraction of sp³-hybridized carbons (Fsp3) is 0.533. The minimum Gasteiger partial charge on any atom is -0.490 e. The molecular weight excluding hydrogens is 381 g/mol. The standard InChI is InChI=1S/C15H21N3O2.HI/c1-15(5-6-15)10-17-14(16)18-11-3-4-12-13(9-11)20-8-2-7-19-12;/h3-4,9H,2,5-8,10H2,1H3,(H3,16,17,18);1H. The maximum absolute atomic E-state index is 5.91. The second kappa shape index (κ2) is 6.72. The van der Waals surface area contributed by atoms with Gasteiger partial charge in [-0.2, -0.15) is 0 Å². The molecule has 0 aromatic heterocycles. The van der Waals surface area contributed by atoms with Crippen LogP contribution in [0.25, 0.3) is 0 Å². The second-order valence-corrected chi connectivity index (χ2v) is 5.85. The number of hydrogen-bond donors (Lipinski definition) is 2. The van der Waals surface area contributed by atoms with E-state index in [2.05, 4.69) is 17.2 Å². The summed E-state index contributed by atoms with van der Waals surface area (Å²) in [5.41, 5.74) is 7.16. The topological polar surface area (TPSA) is 68.9 Å². The quantitative estimate of drug-likeness (QED) is 0.463. The summed E-state index contributed by atoms with van der Waals surface area (Å²) in [5.74, 6) is 2.00. The smallest absolute Gasteiger partial charge is 0.193 e. The first kappa shape index (κ1) is 16.2. The molecule has 0 unspecified atom stereocenters. The van der Waals surface area contributed by atoms with E-state index in [1.165, 1.54) is 12.8 Å². The zero-order chi connectivity index (χ0) is 14.0. The second-order valence-electron chi connectivity index (χ2n) is 5.85. The van der Waals surface area contributed by atoms with Gasteiger partial charge < -0.3 is 20.5 Å². The van der Waals surface area contributed by atoms with Crippen molar-refractivity contribution < 1.29 is 9.47 Å². The summed E-state index contributed by atoms with van der Waals surface area (Å²) in [6.07, 6.45) is 3.39. The lowest BCUT2D eigenvalue weighted by atomic mass is 10.1. The summed E-state index contributed by atoms with van der Waals surface area (Å²) in [7, 11) is 0. The molecule has 5 nitrogen and oxygen atoms in total. The Morgan fingerprint density at radius 1 is 1.29 bits per heavy atom. The van der Waals surface area contributed by atoms with Gasteiger partial charge in [0.2, 0.25) is 0 Å². The minimum atomic E-state index is 0. The lowest BCUT2D eigenvalue weighted by Crippen LogP contribution is -2.23. The molecule has 1 aliphatic carbocycles. The van der Waals surface area contributed by atoms with Gasteiger partial charge in [-0.25, -0.2) is 0 Å². The van der Waals surface area contributed by atoms with Crippen molar-refractivity contribution in [2.24, 2.45) is 16.1 Å². The van der Waals surface area contributed by atoms with Crippen molar-refractivity contribution in [3.63, 3.8) is 0 Å². The Morgan fingerprint density at radius 2 is 2.00 bits per heavy atom. The minimum absolute atomic E-state index is 0. The van der Waals surface area contributed by atoms with Crippen molar-refractivity contribution in [3.8, 4) is 11.5 Å². The van der Waals surface area contributed by atoms with Gasteiger partial charge in [0.25, 0.3) is 0 Å². The normalized spacial score (nSPS) is 19.2. The number of hydrogen-bond acceptors (Lipinski definition) is 3. The molecule has 21 heavy (non-hydrogen) atoms. The highest BCUT2D eigenvalue weighted by atomic mass is 127. The molecule has 1 heterocycles. The number of nitrogens with two attached hydrogens (primary N) is 1. The Kier molecular flexibility index (Phi) is 5.18. The van der Waals surface area contributed by atoms with Crippen LogP contribution < -0.4 is 20.5 Å². The average Bonchev–Trinajstić information content (AvgIpc) is 3.20. The largest absolute Gasteiger partial charge is 0.490 e. The molecule has 3 rings (SSSR count). The third-order valence-corrected chi connectivity index (χ3v) is 3.75. The first-order valence-corrected chi connectivity index (χ1v) is 7.11. The fourth-order valence-corrected chi connectivity index (χ4v) is 2.08. The van der Waals surface area contributed by atoms with E-state index in [-0.39, 0.29) is 24.0 Å². The summed E-state index contributed by atoms with van der Waals surface area (Å²) in [6, 6.07) is 5.73. The number of benzene rings is 1. The number of nitrogens with zero attached hydrogens (tertiary/aromatic N) is 1. The zero-order valence-corrected chi connectivity index (χ0v) is 14.6. The van der Waals surface area contributed by atoms with Gasteiger partial charge in [0.15, 0.2) is 17.5 Å². The molecular formula is C15H22IN3O2. The maximum atomic E-state index is 5.91. The van der Waals surface area contributed by atoms with Crippen LogP contribution in [0.2, 0.25) is 0 Å². The van der Waals surface area contributed by atoms with Crippen LogP contribution in [0.15, 0.2) is 23.2 Å². The Labute approximate surface area is 142 Å². The van der Waals surface area contributed by atoms with Gasteiger partial charge >= 0.3 is 0 Å². The molecule has 0 spiro atoms. The van der Waals surface area contributed by atoms with Gasteiger partial charge in [-0.15, -0.1) is 24.0 Å². The van der Waals surface area contributed by atoms with Crippen LogP contribution in [0.1, 0.15) is 26.2 Å². The number of anilines is 1. The number of aliphatic imine (C=N–C) groups is 1. The zero-order valence-electron chi connectivity index (χ0n) is 12.2. The van der Waals surface area contributed by atoms with E-state index in [1.807, 2.05) is 18.2 Å². The van der Waals surface area contributed by atoms with E-state index in [1.54, 1.807) is 0 Å². The molecule has 1 aliphatic heterocycles. The summed E-state index contributed by atoms with van der Waals surface area (Å²) in [6.45, 7) is 4.40. The fourth-order valence-electron chi connectivity index (χ4n) is 2.08. The lowest BCUT2D eigenvalue weighted by molar-refractivity contribution is 0.297. The molecule has 2 aliphatic rings. The summed E-state index contributed by atoms with van der Waals surface area (Å²) in [4.78, 5) is 4.40. The Hall–Kier alpha value is -1.18. The third-order valence-electron chi connectivity index (χ3n) is 3.75. The highest BCUT2D eigenvalue weighted by Gasteiger charge is 2.36. The van der Waals surface area contributed by atoms with Crippen LogP contribution in [0.4, 0.5) is 5.69 Å². The first-order chi connectivity index (χ1) is 9.65. The van der Waals surface area contributed by atoms with Crippen molar-refractivity contribution >= 4 is 35.6 Å². The number of halogens is 1. The third kappa shape index (κ3) is 4.39. The van der Waals surface area contributed by atoms with Gasteiger partial charge in [-0.05, 0) is 30.4 Å². The van der Waals surface area contributed by atoms with Gasteiger partial charge in [0, 0.05) is 24.7 Å². The van der Waals surface area contributed by atoms with E-state index in [9.17, 15) is 0 Å². The van der Waals surface area contributed by atoms with Crippen LogP contribution in [-0.2, 0) is 0 Å². The number of nitrogens with one attached hydrogen (secondary N) is 1. The monoisotopic (exact) mass is 403 g/mol. The number of fused-ring (bicyclic) bond motifs is 1. The average molecular weight is 403 g/mol. The molecule has 1 aromatic carbocycles. The molecule has 1 fully saturated rings. The van der Waals surface area contributed by atoms with Gasteiger partial charge in [0.05, 0.1) is 13.2 Å². The van der Waals surface area contributed by atoms with E-state index >= 15 is 0 Å². The van der Waals surface area contributed by atoms with Crippen molar-refractivity contribution in [2.45, 2.75) is 26.2 Å². The van der Waals surface area contributed by atoms with Crippen LogP contribution in [0, 0.1) is 5.41 Å². The maximum Gasteiger partial charge on any atom is 0.193 e. The molecule has 1 saturated carbocycles. The molecule has 3 N–H and O–H groups in total. The molecule has 0 bridgehead atoms.